The molecule has 0 aliphatic heterocycles. The lowest BCUT2D eigenvalue weighted by Crippen LogP contribution is -2.23. The molecule has 0 bridgehead atoms. The minimum atomic E-state index is -0.102. The van der Waals surface area contributed by atoms with Crippen molar-refractivity contribution in [2.45, 2.75) is 18.9 Å². The Morgan fingerprint density at radius 2 is 2.19 bits per heavy atom. The van der Waals surface area contributed by atoms with Gasteiger partial charge in [-0.25, -0.2) is 0 Å². The van der Waals surface area contributed by atoms with Crippen LogP contribution >= 0.6 is 15.9 Å². The van der Waals surface area contributed by atoms with E-state index in [0.717, 1.165) is 17.3 Å². The second-order valence-corrected chi connectivity index (χ2v) is 4.89. The lowest BCUT2D eigenvalue weighted by Gasteiger charge is -2.18. The molecule has 1 aromatic rings. The zero-order valence-corrected chi connectivity index (χ0v) is 10.7. The van der Waals surface area contributed by atoms with E-state index in [1.54, 1.807) is 7.11 Å². The second kappa shape index (κ2) is 5.06. The molecule has 0 heterocycles. The summed E-state index contributed by atoms with van der Waals surface area (Å²) in [4.78, 5) is 0. The Balaban J connectivity index is 2.12. The lowest BCUT2D eigenvalue weighted by atomic mass is 10.2. The summed E-state index contributed by atoms with van der Waals surface area (Å²) in [5.41, 5.74) is 0. The zero-order valence-electron chi connectivity index (χ0n) is 9.15. The van der Waals surface area contributed by atoms with Crippen LogP contribution in [0.4, 0.5) is 0 Å². The summed E-state index contributed by atoms with van der Waals surface area (Å²) >= 11 is 3.38. The monoisotopic (exact) mass is 286 g/mol. The van der Waals surface area contributed by atoms with Gasteiger partial charge in [-0.1, -0.05) is 15.9 Å². The predicted octanol–water partition coefficient (Wildman–Crippen LogP) is 2.61. The normalized spacial score (nSPS) is 16.9. The van der Waals surface area contributed by atoms with Crippen LogP contribution in [0.5, 0.6) is 11.5 Å². The Bertz CT molecular complexity index is 363. The standard InChI is InChI=1S/C12H15BrO3/c1-15-11-6-9(13)4-5-10(11)16-12(7-14)8-2-3-8/h4-6,8,12,14H,2-3,7H2,1H3. The Morgan fingerprint density at radius 3 is 2.75 bits per heavy atom. The molecule has 88 valence electrons. The maximum atomic E-state index is 9.24. The van der Waals surface area contributed by atoms with Crippen molar-refractivity contribution in [3.63, 3.8) is 0 Å². The van der Waals surface area contributed by atoms with Crippen molar-refractivity contribution in [1.82, 2.24) is 0 Å². The third-order valence-electron chi connectivity index (χ3n) is 2.73. The van der Waals surface area contributed by atoms with Crippen molar-refractivity contribution in [3.05, 3.63) is 22.7 Å². The Morgan fingerprint density at radius 1 is 1.44 bits per heavy atom. The molecule has 0 aromatic heterocycles. The van der Waals surface area contributed by atoms with Gasteiger partial charge in [0.1, 0.15) is 6.10 Å². The van der Waals surface area contributed by atoms with E-state index in [1.807, 2.05) is 18.2 Å². The fourth-order valence-corrected chi connectivity index (χ4v) is 1.99. The first kappa shape index (κ1) is 11.7. The van der Waals surface area contributed by atoms with Crippen LogP contribution < -0.4 is 9.47 Å². The van der Waals surface area contributed by atoms with E-state index in [2.05, 4.69) is 15.9 Å². The summed E-state index contributed by atoms with van der Waals surface area (Å²) in [7, 11) is 1.61. The van der Waals surface area contributed by atoms with Crippen LogP contribution in [-0.4, -0.2) is 24.9 Å². The summed E-state index contributed by atoms with van der Waals surface area (Å²) in [6.07, 6.45) is 2.18. The number of aliphatic hydroxyl groups excluding tert-OH is 1. The van der Waals surface area contributed by atoms with Crippen LogP contribution in [-0.2, 0) is 0 Å². The molecule has 1 aliphatic rings. The third kappa shape index (κ3) is 2.68. The summed E-state index contributed by atoms with van der Waals surface area (Å²) in [5, 5.41) is 9.24. The number of hydrogen-bond donors (Lipinski definition) is 1. The van der Waals surface area contributed by atoms with Crippen LogP contribution in [0.3, 0.4) is 0 Å². The van der Waals surface area contributed by atoms with Gasteiger partial charge >= 0.3 is 0 Å². The van der Waals surface area contributed by atoms with Crippen molar-refractivity contribution < 1.29 is 14.6 Å². The van der Waals surface area contributed by atoms with E-state index in [-0.39, 0.29) is 12.7 Å². The van der Waals surface area contributed by atoms with Crippen molar-refractivity contribution in [3.8, 4) is 11.5 Å². The van der Waals surface area contributed by atoms with Gasteiger partial charge in [-0.05, 0) is 37.0 Å². The zero-order chi connectivity index (χ0) is 11.5. The molecular weight excluding hydrogens is 272 g/mol. The van der Waals surface area contributed by atoms with Gasteiger partial charge in [0.2, 0.25) is 0 Å². The average Bonchev–Trinajstić information content (AvgIpc) is 3.11. The van der Waals surface area contributed by atoms with Gasteiger partial charge in [0.25, 0.3) is 0 Å². The van der Waals surface area contributed by atoms with Gasteiger partial charge in [0.05, 0.1) is 13.7 Å². The number of rotatable bonds is 5. The highest BCUT2D eigenvalue weighted by molar-refractivity contribution is 9.10. The number of ether oxygens (including phenoxy) is 2. The second-order valence-electron chi connectivity index (χ2n) is 3.97. The number of hydrogen-bond acceptors (Lipinski definition) is 3. The summed E-state index contributed by atoms with van der Waals surface area (Å²) in [6.45, 7) is 0.0594. The van der Waals surface area contributed by atoms with Crippen molar-refractivity contribution in [2.24, 2.45) is 5.92 Å². The van der Waals surface area contributed by atoms with Crippen molar-refractivity contribution in [1.29, 1.82) is 0 Å². The van der Waals surface area contributed by atoms with Gasteiger partial charge in [-0.15, -0.1) is 0 Å². The molecule has 1 unspecified atom stereocenters. The number of methoxy groups -OCH3 is 1. The Kier molecular flexibility index (Phi) is 3.71. The highest BCUT2D eigenvalue weighted by atomic mass is 79.9. The van der Waals surface area contributed by atoms with Crippen molar-refractivity contribution in [2.75, 3.05) is 13.7 Å². The van der Waals surface area contributed by atoms with Gasteiger partial charge in [0, 0.05) is 4.47 Å². The number of halogens is 1. The molecule has 0 spiro atoms. The van der Waals surface area contributed by atoms with Gasteiger partial charge in [-0.3, -0.25) is 0 Å². The molecule has 16 heavy (non-hydrogen) atoms. The molecule has 0 amide bonds. The van der Waals surface area contributed by atoms with Crippen LogP contribution in [0.2, 0.25) is 0 Å². The maximum absolute atomic E-state index is 9.24. The highest BCUT2D eigenvalue weighted by Gasteiger charge is 2.32. The minimum absolute atomic E-state index is 0.0594. The van der Waals surface area contributed by atoms with Crippen LogP contribution in [0.15, 0.2) is 22.7 Å². The largest absolute Gasteiger partial charge is 0.493 e. The molecule has 0 saturated heterocycles. The fraction of sp³-hybridized carbons (Fsp3) is 0.500. The minimum Gasteiger partial charge on any atom is -0.493 e. The fourth-order valence-electron chi connectivity index (χ4n) is 1.65. The van der Waals surface area contributed by atoms with E-state index in [9.17, 15) is 5.11 Å². The van der Waals surface area contributed by atoms with Crippen LogP contribution in [0.25, 0.3) is 0 Å². The highest BCUT2D eigenvalue weighted by Crippen LogP contribution is 2.37. The molecule has 1 aliphatic carbocycles. The van der Waals surface area contributed by atoms with E-state index in [0.29, 0.717) is 17.4 Å². The topological polar surface area (TPSA) is 38.7 Å². The molecule has 1 saturated carbocycles. The maximum Gasteiger partial charge on any atom is 0.161 e. The number of benzene rings is 1. The summed E-state index contributed by atoms with van der Waals surface area (Å²) < 4.78 is 12.0. The Hall–Kier alpha value is -0.740. The molecule has 2 rings (SSSR count). The van der Waals surface area contributed by atoms with E-state index >= 15 is 0 Å². The number of aliphatic hydroxyl groups is 1. The SMILES string of the molecule is COc1cc(Br)ccc1OC(CO)C1CC1. The lowest BCUT2D eigenvalue weighted by molar-refractivity contribution is 0.0956. The van der Waals surface area contributed by atoms with E-state index < -0.39 is 0 Å². The molecule has 1 aromatic carbocycles. The van der Waals surface area contributed by atoms with Crippen LogP contribution in [0, 0.1) is 5.92 Å². The first-order chi connectivity index (χ1) is 7.74. The average molecular weight is 287 g/mol. The van der Waals surface area contributed by atoms with Gasteiger partial charge in [-0.2, -0.15) is 0 Å². The molecule has 1 atom stereocenters. The smallest absolute Gasteiger partial charge is 0.161 e. The molecule has 3 nitrogen and oxygen atoms in total. The summed E-state index contributed by atoms with van der Waals surface area (Å²) in [5.74, 6) is 1.88. The first-order valence-corrected chi connectivity index (χ1v) is 6.15. The summed E-state index contributed by atoms with van der Waals surface area (Å²) in [6, 6.07) is 5.61. The molecular formula is C12H15BrO3. The van der Waals surface area contributed by atoms with Crippen molar-refractivity contribution >= 4 is 15.9 Å². The van der Waals surface area contributed by atoms with Crippen LogP contribution in [0.1, 0.15) is 12.8 Å². The van der Waals surface area contributed by atoms with Gasteiger partial charge in [0.15, 0.2) is 11.5 Å². The molecule has 1 N–H and O–H groups in total. The van der Waals surface area contributed by atoms with E-state index in [1.165, 1.54) is 0 Å². The van der Waals surface area contributed by atoms with E-state index in [4.69, 9.17) is 9.47 Å². The van der Waals surface area contributed by atoms with Gasteiger partial charge < -0.3 is 14.6 Å². The third-order valence-corrected chi connectivity index (χ3v) is 3.23. The molecule has 0 radical (unpaired) electrons. The molecule has 4 heteroatoms. The quantitative estimate of drug-likeness (QED) is 0.904. The molecule has 1 fully saturated rings. The predicted molar refractivity (Wildman–Crippen MR) is 64.9 cm³/mol. The first-order valence-electron chi connectivity index (χ1n) is 5.35. The Labute approximate surface area is 104 Å².